The second-order valence-electron chi connectivity index (χ2n) is 2.51. The normalized spacial score (nSPS) is 10.2. The second kappa shape index (κ2) is 2.78. The van der Waals surface area contributed by atoms with E-state index in [9.17, 15) is 10.1 Å². The lowest BCUT2D eigenvalue weighted by Crippen LogP contribution is -2.03. The molecule has 0 aliphatic heterocycles. The summed E-state index contributed by atoms with van der Waals surface area (Å²) in [6.45, 7) is 0. The van der Waals surface area contributed by atoms with Crippen LogP contribution in [0.5, 0.6) is 5.75 Å². The van der Waals surface area contributed by atoms with E-state index in [4.69, 9.17) is 0 Å². The van der Waals surface area contributed by atoms with Gasteiger partial charge in [-0.15, -0.1) is 10.1 Å². The van der Waals surface area contributed by atoms with E-state index in [1.54, 1.807) is 24.4 Å². The highest BCUT2D eigenvalue weighted by molar-refractivity contribution is 5.85. The van der Waals surface area contributed by atoms with Crippen molar-refractivity contribution < 1.29 is 9.92 Å². The van der Waals surface area contributed by atoms with Gasteiger partial charge in [0.1, 0.15) is 5.75 Å². The molecule has 1 aromatic carbocycles. The number of fused-ring (bicyclic) bond motifs is 1. The van der Waals surface area contributed by atoms with Gasteiger partial charge in [-0.25, -0.2) is 0 Å². The Morgan fingerprint density at radius 1 is 1.38 bits per heavy atom. The molecular weight excluding hydrogens is 172 g/mol. The molecule has 66 valence electrons. The molecule has 0 aliphatic carbocycles. The minimum atomic E-state index is -0.818. The van der Waals surface area contributed by atoms with Crippen molar-refractivity contribution in [3.63, 3.8) is 0 Å². The van der Waals surface area contributed by atoms with Crippen molar-refractivity contribution in [1.29, 1.82) is 0 Å². The monoisotopic (exact) mass is 178 g/mol. The first-order valence-electron chi connectivity index (χ1n) is 3.66. The molecule has 13 heavy (non-hydrogen) atoms. The van der Waals surface area contributed by atoms with Crippen molar-refractivity contribution in [3.8, 4) is 5.75 Å². The Hall–Kier alpha value is -2.04. The van der Waals surface area contributed by atoms with Crippen LogP contribution in [0.25, 0.3) is 10.9 Å². The van der Waals surface area contributed by atoms with Crippen LogP contribution >= 0.6 is 0 Å². The maximum atomic E-state index is 10.1. The Labute approximate surface area is 73.0 Å². The molecule has 0 saturated heterocycles. The van der Waals surface area contributed by atoms with Crippen molar-refractivity contribution in [2.24, 2.45) is 0 Å². The van der Waals surface area contributed by atoms with Crippen molar-refractivity contribution in [1.82, 2.24) is 4.98 Å². The fourth-order valence-corrected chi connectivity index (χ4v) is 1.22. The molecule has 5 heteroatoms. The number of benzene rings is 1. The second-order valence-corrected chi connectivity index (χ2v) is 2.51. The third-order valence-electron chi connectivity index (χ3n) is 1.73. The molecule has 0 spiro atoms. The smallest absolute Gasteiger partial charge is 0.299 e. The van der Waals surface area contributed by atoms with E-state index in [-0.39, 0.29) is 5.75 Å². The van der Waals surface area contributed by atoms with Crippen LogP contribution < -0.4 is 4.84 Å². The number of rotatable bonds is 2. The van der Waals surface area contributed by atoms with Crippen LogP contribution in [0.4, 0.5) is 0 Å². The van der Waals surface area contributed by atoms with E-state index in [1.807, 2.05) is 6.07 Å². The van der Waals surface area contributed by atoms with E-state index in [0.29, 0.717) is 5.39 Å². The zero-order chi connectivity index (χ0) is 9.26. The van der Waals surface area contributed by atoms with Crippen LogP contribution in [0.15, 0.2) is 30.5 Å². The first kappa shape index (κ1) is 7.60. The van der Waals surface area contributed by atoms with Crippen molar-refractivity contribution in [3.05, 3.63) is 40.6 Å². The topological polar surface area (TPSA) is 68.2 Å². The lowest BCUT2D eigenvalue weighted by atomic mass is 10.2. The predicted molar refractivity (Wildman–Crippen MR) is 45.9 cm³/mol. The third-order valence-corrected chi connectivity index (χ3v) is 1.73. The summed E-state index contributed by atoms with van der Waals surface area (Å²) in [6.07, 6.45) is 1.71. The minimum absolute atomic E-state index is 0.253. The van der Waals surface area contributed by atoms with Crippen LogP contribution in [0.2, 0.25) is 0 Å². The van der Waals surface area contributed by atoms with E-state index < -0.39 is 5.09 Å². The van der Waals surface area contributed by atoms with Gasteiger partial charge in [0.25, 0.3) is 5.09 Å². The van der Waals surface area contributed by atoms with Gasteiger partial charge in [-0.1, -0.05) is 6.07 Å². The lowest BCUT2D eigenvalue weighted by Gasteiger charge is -1.98. The quantitative estimate of drug-likeness (QED) is 0.562. The zero-order valence-corrected chi connectivity index (χ0v) is 6.56. The number of nitrogens with one attached hydrogen (secondary N) is 1. The molecule has 0 amide bonds. The summed E-state index contributed by atoms with van der Waals surface area (Å²) in [5.74, 6) is 0.253. The number of nitrogens with zero attached hydrogens (tertiary/aromatic N) is 1. The van der Waals surface area contributed by atoms with Crippen LogP contribution in [0, 0.1) is 10.1 Å². The number of hydrogen-bond acceptors (Lipinski definition) is 3. The molecule has 5 nitrogen and oxygen atoms in total. The van der Waals surface area contributed by atoms with Crippen LogP contribution in [0.3, 0.4) is 0 Å². The van der Waals surface area contributed by atoms with Crippen molar-refractivity contribution in [2.75, 3.05) is 0 Å². The van der Waals surface area contributed by atoms with E-state index in [2.05, 4.69) is 9.82 Å². The van der Waals surface area contributed by atoms with Gasteiger partial charge in [0.2, 0.25) is 0 Å². The molecule has 1 heterocycles. The van der Waals surface area contributed by atoms with Crippen LogP contribution in [0.1, 0.15) is 0 Å². The first-order chi connectivity index (χ1) is 6.27. The highest BCUT2D eigenvalue weighted by atomic mass is 17.0. The number of aromatic amines is 1. The highest BCUT2D eigenvalue weighted by Crippen LogP contribution is 2.24. The summed E-state index contributed by atoms with van der Waals surface area (Å²) in [5.41, 5.74) is 0.819. The number of H-pyrrole nitrogens is 1. The molecule has 0 fully saturated rings. The maximum Gasteiger partial charge on any atom is 0.299 e. The average Bonchev–Trinajstić information content (AvgIpc) is 2.51. The molecule has 0 bridgehead atoms. The van der Waals surface area contributed by atoms with Gasteiger partial charge in [-0.05, 0) is 18.2 Å². The third kappa shape index (κ3) is 1.31. The molecule has 1 aromatic heterocycles. The molecule has 1 N–H and O–H groups in total. The van der Waals surface area contributed by atoms with E-state index in [0.717, 1.165) is 5.52 Å². The Bertz CT molecular complexity index is 449. The van der Waals surface area contributed by atoms with Crippen LogP contribution in [-0.2, 0) is 0 Å². The summed E-state index contributed by atoms with van der Waals surface area (Å²) in [6, 6.07) is 6.80. The van der Waals surface area contributed by atoms with Gasteiger partial charge in [-0.3, -0.25) is 4.84 Å². The molecule has 2 rings (SSSR count). The first-order valence-corrected chi connectivity index (χ1v) is 3.66. The molecular formula is C8H6N2O3. The summed E-state index contributed by atoms with van der Waals surface area (Å²) in [4.78, 5) is 17.4. The van der Waals surface area contributed by atoms with Gasteiger partial charge in [0.15, 0.2) is 0 Å². The fourth-order valence-electron chi connectivity index (χ4n) is 1.22. The van der Waals surface area contributed by atoms with Gasteiger partial charge < -0.3 is 4.98 Å². The molecule has 0 unspecified atom stereocenters. The van der Waals surface area contributed by atoms with Gasteiger partial charge in [-0.2, -0.15) is 0 Å². The number of aromatic nitrogens is 1. The lowest BCUT2D eigenvalue weighted by molar-refractivity contribution is -0.710. The predicted octanol–water partition coefficient (Wildman–Crippen LogP) is 1.74. The highest BCUT2D eigenvalue weighted by Gasteiger charge is 2.04. The molecule has 0 radical (unpaired) electrons. The Balaban J connectivity index is 2.54. The molecule has 2 aromatic rings. The minimum Gasteiger partial charge on any atom is -0.361 e. The number of hydrogen-bond donors (Lipinski definition) is 1. The molecule has 0 saturated carbocycles. The van der Waals surface area contributed by atoms with Gasteiger partial charge >= 0.3 is 0 Å². The van der Waals surface area contributed by atoms with Crippen molar-refractivity contribution in [2.45, 2.75) is 0 Å². The molecule has 0 aliphatic rings. The van der Waals surface area contributed by atoms with E-state index >= 15 is 0 Å². The SMILES string of the molecule is O=[N+]([O-])Oc1cccc2[nH]ccc12. The Kier molecular flexibility index (Phi) is 1.63. The summed E-state index contributed by atoms with van der Waals surface area (Å²) >= 11 is 0. The molecule has 0 atom stereocenters. The average molecular weight is 178 g/mol. The standard InChI is InChI=1S/C8H6N2O3/c11-10(12)13-8-3-1-2-7-6(8)4-5-9-7/h1-5,9H. The fraction of sp³-hybridized carbons (Fsp3) is 0. The Morgan fingerprint density at radius 3 is 3.00 bits per heavy atom. The summed E-state index contributed by atoms with van der Waals surface area (Å²) < 4.78 is 0. The Morgan fingerprint density at radius 2 is 2.23 bits per heavy atom. The summed E-state index contributed by atoms with van der Waals surface area (Å²) in [5, 5.41) is 10.00. The van der Waals surface area contributed by atoms with Crippen LogP contribution in [-0.4, -0.2) is 10.1 Å². The van der Waals surface area contributed by atoms with E-state index in [1.165, 1.54) is 0 Å². The largest absolute Gasteiger partial charge is 0.361 e. The van der Waals surface area contributed by atoms with Gasteiger partial charge in [0.05, 0.1) is 0 Å². The summed E-state index contributed by atoms with van der Waals surface area (Å²) in [7, 11) is 0. The zero-order valence-electron chi connectivity index (χ0n) is 6.56. The van der Waals surface area contributed by atoms with Crippen molar-refractivity contribution >= 4 is 10.9 Å². The maximum absolute atomic E-state index is 10.1. The van der Waals surface area contributed by atoms with Gasteiger partial charge in [0, 0.05) is 17.1 Å².